The van der Waals surface area contributed by atoms with E-state index in [-0.39, 0.29) is 30.1 Å². The maximum atomic E-state index is 13.2. The topological polar surface area (TPSA) is 71.0 Å². The molecule has 2 atom stereocenters. The van der Waals surface area contributed by atoms with Crippen molar-refractivity contribution in [3.63, 3.8) is 0 Å². The third kappa shape index (κ3) is 5.77. The highest BCUT2D eigenvalue weighted by molar-refractivity contribution is 5.77. The molecule has 0 bridgehead atoms. The molecule has 2 fully saturated rings. The first kappa shape index (κ1) is 25.2. The minimum absolute atomic E-state index is 0.0179. The summed E-state index contributed by atoms with van der Waals surface area (Å²) in [7, 11) is 1.63. The zero-order valence-corrected chi connectivity index (χ0v) is 21.6. The molecule has 196 valence electrons. The lowest BCUT2D eigenvalue weighted by Gasteiger charge is -2.44. The van der Waals surface area contributed by atoms with Crippen molar-refractivity contribution in [2.45, 2.75) is 51.4 Å². The number of fused-ring (bicyclic) bond motifs is 1. The van der Waals surface area contributed by atoms with Gasteiger partial charge in [0.1, 0.15) is 23.5 Å². The van der Waals surface area contributed by atoms with Crippen LogP contribution in [0.15, 0.2) is 48.7 Å². The number of rotatable bonds is 5. The van der Waals surface area contributed by atoms with E-state index in [2.05, 4.69) is 21.7 Å². The standard InChI is InChI=1S/C28H34FN5O3/c1-19-17-34(20(2)16-33(19)27-15-30-26-14-24(36-3)8-9-25(26)31-27)28(35)37-23-10-12-32(13-11-23)18-21-4-6-22(29)7-5-21/h4-9,14-15,19-20,23H,10-13,16-18H2,1-3H3/t19-,20+/m0/s1. The normalized spacial score (nSPS) is 21.3. The Morgan fingerprint density at radius 1 is 1.03 bits per heavy atom. The molecule has 9 heteroatoms. The van der Waals surface area contributed by atoms with Crippen LogP contribution in [-0.4, -0.2) is 77.3 Å². The second kappa shape index (κ2) is 10.9. The maximum Gasteiger partial charge on any atom is 0.410 e. The van der Waals surface area contributed by atoms with Crippen molar-refractivity contribution in [3.05, 3.63) is 60.0 Å². The summed E-state index contributed by atoms with van der Waals surface area (Å²) in [4.78, 5) is 28.9. The van der Waals surface area contributed by atoms with Gasteiger partial charge in [-0.25, -0.2) is 14.2 Å². The monoisotopic (exact) mass is 507 g/mol. The van der Waals surface area contributed by atoms with E-state index < -0.39 is 0 Å². The number of nitrogens with zero attached hydrogens (tertiary/aromatic N) is 5. The fourth-order valence-electron chi connectivity index (χ4n) is 5.19. The summed E-state index contributed by atoms with van der Waals surface area (Å²) in [5.41, 5.74) is 2.69. The molecule has 3 aromatic rings. The van der Waals surface area contributed by atoms with Crippen molar-refractivity contribution in [1.29, 1.82) is 0 Å². The molecule has 0 N–H and O–H groups in total. The molecule has 8 nitrogen and oxygen atoms in total. The number of hydrogen-bond donors (Lipinski definition) is 0. The summed E-state index contributed by atoms with van der Waals surface area (Å²) in [6, 6.07) is 12.4. The predicted molar refractivity (Wildman–Crippen MR) is 140 cm³/mol. The number of anilines is 1. The lowest BCUT2D eigenvalue weighted by atomic mass is 10.1. The Bertz CT molecular complexity index is 1230. The first-order chi connectivity index (χ1) is 17.9. The molecular weight excluding hydrogens is 473 g/mol. The van der Waals surface area contributed by atoms with Gasteiger partial charge in [0, 0.05) is 50.9 Å². The summed E-state index contributed by atoms with van der Waals surface area (Å²) in [6.45, 7) is 7.84. The minimum atomic E-state index is -0.243. The molecule has 2 saturated heterocycles. The van der Waals surface area contributed by atoms with Gasteiger partial charge in [0.05, 0.1) is 24.3 Å². The number of benzene rings is 2. The number of hydrogen-bond acceptors (Lipinski definition) is 7. The highest BCUT2D eigenvalue weighted by Crippen LogP contribution is 2.26. The molecular formula is C28H34FN5O3. The van der Waals surface area contributed by atoms with Crippen LogP contribution in [-0.2, 0) is 11.3 Å². The van der Waals surface area contributed by atoms with Gasteiger partial charge in [0.2, 0.25) is 0 Å². The van der Waals surface area contributed by atoms with E-state index in [1.54, 1.807) is 13.3 Å². The van der Waals surface area contributed by atoms with Crippen LogP contribution in [0.4, 0.5) is 15.0 Å². The van der Waals surface area contributed by atoms with E-state index in [1.807, 2.05) is 42.2 Å². The van der Waals surface area contributed by atoms with Gasteiger partial charge in [-0.2, -0.15) is 0 Å². The van der Waals surface area contributed by atoms with E-state index >= 15 is 0 Å². The Balaban J connectivity index is 1.14. The summed E-state index contributed by atoms with van der Waals surface area (Å²) in [5.74, 6) is 1.34. The van der Waals surface area contributed by atoms with Gasteiger partial charge in [-0.1, -0.05) is 12.1 Å². The van der Waals surface area contributed by atoms with Crippen LogP contribution in [0.5, 0.6) is 5.75 Å². The molecule has 2 aromatic carbocycles. The number of amides is 1. The molecule has 2 aliphatic rings. The number of likely N-dealkylation sites (tertiary alicyclic amines) is 1. The lowest BCUT2D eigenvalue weighted by Crippen LogP contribution is -2.59. The first-order valence-electron chi connectivity index (χ1n) is 12.9. The molecule has 5 rings (SSSR count). The highest BCUT2D eigenvalue weighted by atomic mass is 19.1. The second-order valence-corrected chi connectivity index (χ2v) is 10.1. The molecule has 37 heavy (non-hydrogen) atoms. The number of carbonyl (C=O) groups excluding carboxylic acids is 1. The molecule has 1 amide bonds. The smallest absolute Gasteiger partial charge is 0.410 e. The summed E-state index contributed by atoms with van der Waals surface area (Å²) >= 11 is 0. The van der Waals surface area contributed by atoms with Crippen molar-refractivity contribution in [3.8, 4) is 5.75 Å². The largest absolute Gasteiger partial charge is 0.497 e. The molecule has 2 aliphatic heterocycles. The fourth-order valence-corrected chi connectivity index (χ4v) is 5.19. The number of methoxy groups -OCH3 is 1. The molecule has 0 aliphatic carbocycles. The van der Waals surface area contributed by atoms with Crippen molar-refractivity contribution >= 4 is 22.9 Å². The number of ether oxygens (including phenoxy) is 2. The SMILES string of the molecule is COc1ccc2nc(N3C[C@@H](C)N(C(=O)OC4CCN(Cc5ccc(F)cc5)CC4)C[C@@H]3C)cnc2c1. The maximum absolute atomic E-state index is 13.2. The van der Waals surface area contributed by atoms with E-state index in [0.717, 1.165) is 60.6 Å². The van der Waals surface area contributed by atoms with Gasteiger partial charge >= 0.3 is 6.09 Å². The first-order valence-corrected chi connectivity index (χ1v) is 12.9. The van der Waals surface area contributed by atoms with Gasteiger partial charge in [0.15, 0.2) is 0 Å². The van der Waals surface area contributed by atoms with Gasteiger partial charge < -0.3 is 19.3 Å². The molecule has 0 saturated carbocycles. The van der Waals surface area contributed by atoms with Crippen LogP contribution in [0.2, 0.25) is 0 Å². The average molecular weight is 508 g/mol. The minimum Gasteiger partial charge on any atom is -0.497 e. The van der Waals surface area contributed by atoms with Gasteiger partial charge in [-0.05, 0) is 56.5 Å². The molecule has 0 unspecified atom stereocenters. The Morgan fingerprint density at radius 3 is 2.51 bits per heavy atom. The van der Waals surface area contributed by atoms with E-state index in [0.29, 0.717) is 13.1 Å². The van der Waals surface area contributed by atoms with Crippen molar-refractivity contribution < 1.29 is 18.7 Å². The van der Waals surface area contributed by atoms with Crippen molar-refractivity contribution in [2.24, 2.45) is 0 Å². The zero-order valence-electron chi connectivity index (χ0n) is 21.6. The van der Waals surface area contributed by atoms with Gasteiger partial charge in [-0.15, -0.1) is 0 Å². The average Bonchev–Trinajstić information content (AvgIpc) is 2.91. The number of carbonyl (C=O) groups is 1. The molecule has 1 aromatic heterocycles. The van der Waals surface area contributed by atoms with Crippen LogP contribution in [0.1, 0.15) is 32.3 Å². The zero-order chi connectivity index (χ0) is 25.9. The Labute approximate surface area is 217 Å². The van der Waals surface area contributed by atoms with E-state index in [4.69, 9.17) is 14.5 Å². The van der Waals surface area contributed by atoms with Gasteiger partial charge in [-0.3, -0.25) is 9.88 Å². The van der Waals surface area contributed by atoms with Gasteiger partial charge in [0.25, 0.3) is 0 Å². The van der Waals surface area contributed by atoms with Crippen LogP contribution >= 0.6 is 0 Å². The third-order valence-corrected chi connectivity index (χ3v) is 7.37. The van der Waals surface area contributed by atoms with Crippen LogP contribution in [0.25, 0.3) is 11.0 Å². The van der Waals surface area contributed by atoms with Crippen molar-refractivity contribution in [2.75, 3.05) is 38.2 Å². The van der Waals surface area contributed by atoms with Crippen molar-refractivity contribution in [1.82, 2.24) is 19.8 Å². The van der Waals surface area contributed by atoms with Crippen LogP contribution < -0.4 is 9.64 Å². The quantitative estimate of drug-likeness (QED) is 0.504. The second-order valence-electron chi connectivity index (χ2n) is 10.1. The molecule has 0 spiro atoms. The lowest BCUT2D eigenvalue weighted by molar-refractivity contribution is 0.0166. The van der Waals surface area contributed by atoms with Crippen LogP contribution in [0, 0.1) is 5.82 Å². The molecule has 3 heterocycles. The number of halogens is 1. The predicted octanol–water partition coefficient (Wildman–Crippen LogP) is 4.48. The highest BCUT2D eigenvalue weighted by Gasteiger charge is 2.35. The molecule has 0 radical (unpaired) electrons. The summed E-state index contributed by atoms with van der Waals surface area (Å²) in [5, 5.41) is 0. The fraction of sp³-hybridized carbons (Fsp3) is 0.464. The third-order valence-electron chi connectivity index (χ3n) is 7.37. The Hall–Kier alpha value is -3.46. The number of aromatic nitrogens is 2. The van der Waals surface area contributed by atoms with E-state index in [9.17, 15) is 9.18 Å². The van der Waals surface area contributed by atoms with Crippen LogP contribution in [0.3, 0.4) is 0 Å². The van der Waals surface area contributed by atoms with E-state index in [1.165, 1.54) is 12.1 Å². The number of piperazine rings is 1. The summed E-state index contributed by atoms with van der Waals surface area (Å²) in [6.07, 6.45) is 3.06. The summed E-state index contributed by atoms with van der Waals surface area (Å²) < 4.78 is 24.4. The Morgan fingerprint density at radius 2 is 1.78 bits per heavy atom. The Kier molecular flexibility index (Phi) is 7.41. The number of piperidine rings is 1.